The Hall–Kier alpha value is -3.06. The quantitative estimate of drug-likeness (QED) is 0.640. The molecule has 0 N–H and O–H groups in total. The Balaban J connectivity index is 1.52. The third-order valence-electron chi connectivity index (χ3n) is 5.33. The van der Waals surface area contributed by atoms with E-state index in [1.54, 1.807) is 23.1 Å². The Morgan fingerprint density at radius 1 is 1.23 bits per heavy atom. The van der Waals surface area contributed by atoms with Gasteiger partial charge in [-0.25, -0.2) is 9.37 Å². The fourth-order valence-corrected chi connectivity index (χ4v) is 3.73. The maximum atomic E-state index is 13.9. The van der Waals surface area contributed by atoms with Crippen molar-refractivity contribution in [2.24, 2.45) is 0 Å². The lowest BCUT2D eigenvalue weighted by Gasteiger charge is -2.33. The minimum Gasteiger partial charge on any atom is -0.368 e. The number of morpholine rings is 1. The van der Waals surface area contributed by atoms with Crippen LogP contribution in [0, 0.1) is 12.7 Å². The number of ether oxygens (including phenoxy) is 1. The fourth-order valence-electron chi connectivity index (χ4n) is 3.73. The summed E-state index contributed by atoms with van der Waals surface area (Å²) >= 11 is 0. The van der Waals surface area contributed by atoms with Crippen LogP contribution in [0.1, 0.15) is 35.7 Å². The number of nitrogens with zero attached hydrogens (tertiary/aromatic N) is 3. The molecule has 1 atom stereocenters. The predicted molar refractivity (Wildman–Crippen MR) is 109 cm³/mol. The van der Waals surface area contributed by atoms with Crippen LogP contribution in [-0.2, 0) is 22.4 Å². The summed E-state index contributed by atoms with van der Waals surface area (Å²) in [5.41, 5.74) is 3.63. The van der Waals surface area contributed by atoms with Gasteiger partial charge in [-0.1, -0.05) is 36.3 Å². The maximum absolute atomic E-state index is 13.9. The predicted octanol–water partition coefficient (Wildman–Crippen LogP) is 3.89. The van der Waals surface area contributed by atoms with E-state index < -0.39 is 0 Å². The first-order valence-corrected chi connectivity index (χ1v) is 10.1. The van der Waals surface area contributed by atoms with Gasteiger partial charge in [-0.15, -0.1) is 0 Å². The van der Waals surface area contributed by atoms with Gasteiger partial charge in [-0.05, 0) is 30.7 Å². The van der Waals surface area contributed by atoms with Gasteiger partial charge in [0, 0.05) is 13.0 Å². The molecule has 3 heterocycles. The molecule has 0 radical (unpaired) electrons. The number of hydrogen-bond acceptors (Lipinski definition) is 5. The molecular weight excluding hydrogens is 385 g/mol. The number of benzene rings is 1. The van der Waals surface area contributed by atoms with Crippen molar-refractivity contribution in [3.05, 3.63) is 71.0 Å². The van der Waals surface area contributed by atoms with E-state index in [4.69, 9.17) is 14.2 Å². The molecule has 1 unspecified atom stereocenters. The summed E-state index contributed by atoms with van der Waals surface area (Å²) in [6.45, 7) is 5.18. The molecule has 0 bridgehead atoms. The van der Waals surface area contributed by atoms with Gasteiger partial charge in [0.1, 0.15) is 17.7 Å². The number of aromatic nitrogens is 2. The average molecular weight is 409 g/mol. The number of carbonyl (C=O) groups is 1. The minimum absolute atomic E-state index is 0.0343. The molecule has 0 aliphatic carbocycles. The van der Waals surface area contributed by atoms with E-state index in [-0.39, 0.29) is 24.2 Å². The lowest BCUT2D eigenvalue weighted by molar-refractivity contribution is -0.138. The Morgan fingerprint density at radius 3 is 2.87 bits per heavy atom. The molecule has 7 heteroatoms. The van der Waals surface area contributed by atoms with E-state index >= 15 is 0 Å². The van der Waals surface area contributed by atoms with E-state index in [0.717, 1.165) is 34.8 Å². The first kappa shape index (κ1) is 20.2. The third kappa shape index (κ3) is 4.11. The van der Waals surface area contributed by atoms with E-state index in [1.807, 2.05) is 32.0 Å². The number of carbonyl (C=O) groups excluding carboxylic acids is 1. The molecule has 1 saturated heterocycles. The zero-order valence-electron chi connectivity index (χ0n) is 17.1. The summed E-state index contributed by atoms with van der Waals surface area (Å²) in [6, 6.07) is 12.1. The lowest BCUT2D eigenvalue weighted by Crippen LogP contribution is -2.43. The highest BCUT2D eigenvalue weighted by atomic mass is 19.1. The Kier molecular flexibility index (Phi) is 5.90. The highest BCUT2D eigenvalue weighted by Gasteiger charge is 2.27. The standard InChI is InChI=1S/C23H24FN3O3/c1-3-20-23(15(2)26-30-20)19-10-6-9-18(25-19)21-14-27(11-12-29-21)22(28)13-16-7-4-5-8-17(16)24/h4-10,21H,3,11-14H2,1-2H3. The normalized spacial score (nSPS) is 16.6. The van der Waals surface area contributed by atoms with Crippen LogP contribution in [0.5, 0.6) is 0 Å². The molecule has 1 aliphatic heterocycles. The van der Waals surface area contributed by atoms with Crippen LogP contribution in [0.4, 0.5) is 4.39 Å². The highest BCUT2D eigenvalue weighted by molar-refractivity contribution is 5.79. The summed E-state index contributed by atoms with van der Waals surface area (Å²) in [7, 11) is 0. The van der Waals surface area contributed by atoms with Crippen molar-refractivity contribution in [3.63, 3.8) is 0 Å². The molecule has 1 fully saturated rings. The molecule has 1 aromatic carbocycles. The molecule has 1 amide bonds. The van der Waals surface area contributed by atoms with Crippen LogP contribution in [0.2, 0.25) is 0 Å². The molecule has 0 spiro atoms. The molecular formula is C23H24FN3O3. The van der Waals surface area contributed by atoms with Crippen molar-refractivity contribution < 1.29 is 18.4 Å². The van der Waals surface area contributed by atoms with Crippen molar-refractivity contribution in [1.82, 2.24) is 15.0 Å². The van der Waals surface area contributed by atoms with Crippen LogP contribution >= 0.6 is 0 Å². The van der Waals surface area contributed by atoms with Gasteiger partial charge in [0.25, 0.3) is 0 Å². The SMILES string of the molecule is CCc1onc(C)c1-c1cccc(C2CN(C(=O)Cc3ccccc3F)CCO2)n1. The van der Waals surface area contributed by atoms with Gasteiger partial charge >= 0.3 is 0 Å². The number of aryl methyl sites for hydroxylation is 2. The zero-order chi connectivity index (χ0) is 21.1. The molecule has 2 aromatic heterocycles. The first-order chi connectivity index (χ1) is 14.6. The Labute approximate surface area is 174 Å². The summed E-state index contributed by atoms with van der Waals surface area (Å²) in [4.78, 5) is 19.2. The summed E-state index contributed by atoms with van der Waals surface area (Å²) in [5.74, 6) is 0.317. The Bertz CT molecular complexity index is 1050. The highest BCUT2D eigenvalue weighted by Crippen LogP contribution is 2.29. The van der Waals surface area contributed by atoms with E-state index in [1.165, 1.54) is 6.07 Å². The topological polar surface area (TPSA) is 68.5 Å². The van der Waals surface area contributed by atoms with E-state index in [2.05, 4.69) is 5.16 Å². The van der Waals surface area contributed by atoms with Crippen LogP contribution in [0.3, 0.4) is 0 Å². The van der Waals surface area contributed by atoms with Crippen LogP contribution < -0.4 is 0 Å². The number of hydrogen-bond donors (Lipinski definition) is 0. The maximum Gasteiger partial charge on any atom is 0.227 e. The number of amides is 1. The van der Waals surface area contributed by atoms with Gasteiger partial charge in [0.15, 0.2) is 0 Å². The number of halogens is 1. The van der Waals surface area contributed by atoms with Gasteiger partial charge in [0.2, 0.25) is 5.91 Å². The molecule has 30 heavy (non-hydrogen) atoms. The van der Waals surface area contributed by atoms with Crippen molar-refractivity contribution >= 4 is 5.91 Å². The molecule has 3 aromatic rings. The average Bonchev–Trinajstić information content (AvgIpc) is 3.16. The van der Waals surface area contributed by atoms with Gasteiger partial charge in [-0.3, -0.25) is 4.79 Å². The lowest BCUT2D eigenvalue weighted by atomic mass is 10.1. The fraction of sp³-hybridized carbons (Fsp3) is 0.348. The minimum atomic E-state index is -0.360. The Morgan fingerprint density at radius 2 is 2.07 bits per heavy atom. The van der Waals surface area contributed by atoms with Crippen LogP contribution in [0.25, 0.3) is 11.3 Å². The first-order valence-electron chi connectivity index (χ1n) is 10.1. The van der Waals surface area contributed by atoms with E-state index in [0.29, 0.717) is 25.3 Å². The van der Waals surface area contributed by atoms with Gasteiger partial charge < -0.3 is 14.2 Å². The number of rotatable bonds is 5. The van der Waals surface area contributed by atoms with Crippen molar-refractivity contribution in [1.29, 1.82) is 0 Å². The van der Waals surface area contributed by atoms with Crippen LogP contribution in [-0.4, -0.2) is 40.6 Å². The smallest absolute Gasteiger partial charge is 0.227 e. The van der Waals surface area contributed by atoms with Crippen LogP contribution in [0.15, 0.2) is 47.0 Å². The second kappa shape index (κ2) is 8.75. The summed E-state index contributed by atoms with van der Waals surface area (Å²) < 4.78 is 25.2. The molecule has 6 nitrogen and oxygen atoms in total. The van der Waals surface area contributed by atoms with Crippen molar-refractivity contribution in [2.45, 2.75) is 32.8 Å². The summed E-state index contributed by atoms with van der Waals surface area (Å²) in [6.07, 6.45) is 0.418. The largest absolute Gasteiger partial charge is 0.368 e. The van der Waals surface area contributed by atoms with Gasteiger partial charge in [0.05, 0.1) is 42.2 Å². The molecule has 4 rings (SSSR count). The number of pyridine rings is 1. The third-order valence-corrected chi connectivity index (χ3v) is 5.33. The van der Waals surface area contributed by atoms with Crippen molar-refractivity contribution in [3.8, 4) is 11.3 Å². The monoisotopic (exact) mass is 409 g/mol. The molecule has 1 aliphatic rings. The second-order valence-electron chi connectivity index (χ2n) is 7.33. The molecule has 156 valence electrons. The summed E-state index contributed by atoms with van der Waals surface area (Å²) in [5, 5.41) is 4.06. The molecule has 0 saturated carbocycles. The second-order valence-corrected chi connectivity index (χ2v) is 7.33. The van der Waals surface area contributed by atoms with Crippen molar-refractivity contribution in [2.75, 3.05) is 19.7 Å². The van der Waals surface area contributed by atoms with Gasteiger partial charge in [-0.2, -0.15) is 0 Å². The zero-order valence-corrected chi connectivity index (χ0v) is 17.1. The van der Waals surface area contributed by atoms with E-state index in [9.17, 15) is 9.18 Å².